The molecule has 3 N–H and O–H groups in total. The first-order chi connectivity index (χ1) is 12.7. The lowest BCUT2D eigenvalue weighted by Gasteiger charge is -2.09. The number of anilines is 1. The van der Waals surface area contributed by atoms with E-state index in [-0.39, 0.29) is 16.2 Å². The molecule has 0 saturated carbocycles. The second-order valence-electron chi connectivity index (χ2n) is 5.26. The molecule has 140 valence electrons. The molecule has 3 rings (SSSR count). The summed E-state index contributed by atoms with van der Waals surface area (Å²) in [6.45, 7) is 0. The van der Waals surface area contributed by atoms with Crippen LogP contribution in [0.5, 0.6) is 0 Å². The zero-order valence-corrected chi connectivity index (χ0v) is 14.4. The van der Waals surface area contributed by atoms with Crippen LogP contribution in [-0.4, -0.2) is 29.0 Å². The van der Waals surface area contributed by atoms with Crippen LogP contribution in [0, 0.1) is 0 Å². The fourth-order valence-electron chi connectivity index (χ4n) is 2.29. The lowest BCUT2D eigenvalue weighted by molar-refractivity contribution is -0.141. The molecule has 2 heterocycles. The molecule has 0 spiro atoms. The molecule has 0 atom stereocenters. The van der Waals surface area contributed by atoms with E-state index in [0.29, 0.717) is 16.6 Å². The number of rotatable bonds is 3. The van der Waals surface area contributed by atoms with Crippen molar-refractivity contribution in [3.8, 4) is 0 Å². The van der Waals surface area contributed by atoms with Crippen LogP contribution in [-0.2, 0) is 15.7 Å². The smallest absolute Gasteiger partial charge is 0.433 e. The van der Waals surface area contributed by atoms with E-state index in [9.17, 15) is 22.8 Å². The number of amides is 1. The van der Waals surface area contributed by atoms with Gasteiger partial charge in [-0.2, -0.15) is 13.2 Å². The van der Waals surface area contributed by atoms with Crippen molar-refractivity contribution in [3.63, 3.8) is 0 Å². The summed E-state index contributed by atoms with van der Waals surface area (Å²) < 4.78 is 43.3. The van der Waals surface area contributed by atoms with Crippen molar-refractivity contribution in [1.82, 2.24) is 9.97 Å². The van der Waals surface area contributed by atoms with Gasteiger partial charge >= 0.3 is 12.1 Å². The molecule has 1 aliphatic rings. The second kappa shape index (κ2) is 6.91. The Morgan fingerprint density at radius 1 is 1.26 bits per heavy atom. The molecule has 1 aromatic heterocycles. The first-order valence-electron chi connectivity index (χ1n) is 7.32. The maximum Gasteiger partial charge on any atom is 0.433 e. The number of benzene rings is 1. The second-order valence-corrected chi connectivity index (χ2v) is 6.31. The van der Waals surface area contributed by atoms with Crippen molar-refractivity contribution in [2.24, 2.45) is 5.73 Å². The summed E-state index contributed by atoms with van der Waals surface area (Å²) in [7, 11) is 1.24. The Balaban J connectivity index is 2.04. The number of hydrogen-bond acceptors (Lipinski definition) is 7. The Labute approximate surface area is 154 Å². The number of alkyl halides is 3. The van der Waals surface area contributed by atoms with Crippen LogP contribution in [0.1, 0.15) is 21.9 Å². The van der Waals surface area contributed by atoms with Crippen LogP contribution in [0.3, 0.4) is 0 Å². The molecule has 0 bridgehead atoms. The van der Waals surface area contributed by atoms with Crippen molar-refractivity contribution in [1.29, 1.82) is 0 Å². The molecule has 0 radical (unpaired) electrons. The predicted molar refractivity (Wildman–Crippen MR) is 90.4 cm³/mol. The van der Waals surface area contributed by atoms with Gasteiger partial charge < -0.3 is 15.8 Å². The number of fused-ring (bicyclic) bond motifs is 1. The van der Waals surface area contributed by atoms with Gasteiger partial charge in [0.1, 0.15) is 11.3 Å². The van der Waals surface area contributed by atoms with E-state index in [1.165, 1.54) is 19.2 Å². The van der Waals surface area contributed by atoms with Crippen LogP contribution in [0.15, 0.2) is 40.4 Å². The van der Waals surface area contributed by atoms with Crippen LogP contribution in [0.25, 0.3) is 5.57 Å². The van der Waals surface area contributed by atoms with E-state index in [4.69, 9.17) is 5.73 Å². The highest BCUT2D eigenvalue weighted by atomic mass is 32.2. The average molecular weight is 396 g/mol. The van der Waals surface area contributed by atoms with Gasteiger partial charge in [-0.05, 0) is 24.3 Å². The third-order valence-electron chi connectivity index (χ3n) is 3.51. The zero-order valence-electron chi connectivity index (χ0n) is 13.6. The fraction of sp³-hybridized carbons (Fsp3) is 0.125. The summed E-state index contributed by atoms with van der Waals surface area (Å²) in [5.41, 5.74) is 4.70. The number of nitrogens with one attached hydrogen (secondary N) is 1. The van der Waals surface area contributed by atoms with Crippen LogP contribution >= 0.6 is 11.8 Å². The molecule has 11 heteroatoms. The van der Waals surface area contributed by atoms with Gasteiger partial charge in [0.05, 0.1) is 23.4 Å². The van der Waals surface area contributed by atoms with Gasteiger partial charge in [-0.3, -0.25) is 4.79 Å². The molecule has 27 heavy (non-hydrogen) atoms. The van der Waals surface area contributed by atoms with Gasteiger partial charge in [0.15, 0.2) is 5.82 Å². The first-order valence-corrected chi connectivity index (χ1v) is 8.14. The normalized spacial score (nSPS) is 15.0. The minimum Gasteiger partial charge on any atom is -0.465 e. The maximum absolute atomic E-state index is 12.9. The molecule has 0 saturated heterocycles. The van der Waals surface area contributed by atoms with E-state index in [2.05, 4.69) is 20.0 Å². The van der Waals surface area contributed by atoms with Crippen LogP contribution < -0.4 is 11.1 Å². The molecule has 7 nitrogen and oxygen atoms in total. The van der Waals surface area contributed by atoms with Crippen LogP contribution in [0.4, 0.5) is 18.9 Å². The molecule has 0 fully saturated rings. The summed E-state index contributed by atoms with van der Waals surface area (Å²) >= 11 is 1.02. The molecular weight excluding hydrogens is 385 g/mol. The summed E-state index contributed by atoms with van der Waals surface area (Å²) in [6, 6.07) is 5.30. The fourth-order valence-corrected chi connectivity index (χ4v) is 3.38. The molecule has 0 aliphatic carbocycles. The van der Waals surface area contributed by atoms with E-state index in [1.807, 2.05) is 0 Å². The molecule has 1 amide bonds. The number of halogens is 3. The van der Waals surface area contributed by atoms with Gasteiger partial charge in [0, 0.05) is 11.1 Å². The quantitative estimate of drug-likeness (QED) is 0.607. The molecule has 0 unspecified atom stereocenters. The average Bonchev–Trinajstić information content (AvgIpc) is 3.02. The van der Waals surface area contributed by atoms with E-state index < -0.39 is 29.6 Å². The largest absolute Gasteiger partial charge is 0.465 e. The Morgan fingerprint density at radius 3 is 2.63 bits per heavy atom. The number of nitrogens with two attached hydrogens (primary N) is 1. The maximum atomic E-state index is 12.9. The van der Waals surface area contributed by atoms with Gasteiger partial charge in [0.2, 0.25) is 0 Å². The summed E-state index contributed by atoms with van der Waals surface area (Å²) in [5, 5.41) is 3.05. The lowest BCUT2D eigenvalue weighted by Crippen LogP contribution is -2.19. The zero-order chi connectivity index (χ0) is 19.8. The molecule has 1 aromatic carbocycles. The highest BCUT2D eigenvalue weighted by molar-refractivity contribution is 8.04. The lowest BCUT2D eigenvalue weighted by atomic mass is 10.2. The third kappa shape index (κ3) is 3.72. The van der Waals surface area contributed by atoms with Gasteiger partial charge in [-0.15, -0.1) is 0 Å². The highest BCUT2D eigenvalue weighted by Gasteiger charge is 2.34. The Bertz CT molecular complexity index is 976. The molecule has 1 aliphatic heterocycles. The minimum atomic E-state index is -4.69. The van der Waals surface area contributed by atoms with Crippen molar-refractivity contribution >= 4 is 34.9 Å². The third-order valence-corrected chi connectivity index (χ3v) is 4.57. The number of primary amides is 1. The summed E-state index contributed by atoms with van der Waals surface area (Å²) in [5.74, 6) is -1.99. The highest BCUT2D eigenvalue weighted by Crippen LogP contribution is 2.44. The number of esters is 1. The standard InChI is InChI=1S/C16H11F3N4O3S/c1-26-15(25)7-2-3-8-9(6-7)27-14(22-8)11(12(20)24)13-21-5-4-10(23-13)16(17,18)19/h2-6,22H,1H3,(H2,20,24)/b14-11-. The number of aromatic nitrogens is 2. The summed E-state index contributed by atoms with van der Waals surface area (Å²) in [6.07, 6.45) is -3.80. The van der Waals surface area contributed by atoms with E-state index in [0.717, 1.165) is 18.0 Å². The minimum absolute atomic E-state index is 0.166. The van der Waals surface area contributed by atoms with Gasteiger partial charge in [-0.25, -0.2) is 14.8 Å². The van der Waals surface area contributed by atoms with Gasteiger partial charge in [-0.1, -0.05) is 11.8 Å². The van der Waals surface area contributed by atoms with Crippen molar-refractivity contribution in [3.05, 3.63) is 52.6 Å². The number of carbonyl (C=O) groups is 2. The molecular formula is C16H11F3N4O3S. The Morgan fingerprint density at radius 2 is 2.00 bits per heavy atom. The Kier molecular flexibility index (Phi) is 4.79. The topological polar surface area (TPSA) is 107 Å². The van der Waals surface area contributed by atoms with E-state index in [1.54, 1.807) is 6.07 Å². The van der Waals surface area contributed by atoms with Crippen molar-refractivity contribution < 1.29 is 27.5 Å². The van der Waals surface area contributed by atoms with Crippen LogP contribution in [0.2, 0.25) is 0 Å². The van der Waals surface area contributed by atoms with Crippen molar-refractivity contribution in [2.75, 3.05) is 12.4 Å². The number of thioether (sulfide) groups is 1. The SMILES string of the molecule is COC(=O)c1ccc2c(c1)S/C(=C(/C(N)=O)c1nccc(C(F)(F)F)n1)N2. The number of hydrogen-bond donors (Lipinski definition) is 2. The number of methoxy groups -OCH3 is 1. The number of ether oxygens (including phenoxy) is 1. The Hall–Kier alpha value is -3.08. The monoisotopic (exact) mass is 396 g/mol. The first kappa shape index (κ1) is 18.7. The predicted octanol–water partition coefficient (Wildman–Crippen LogP) is 2.65. The summed E-state index contributed by atoms with van der Waals surface area (Å²) in [4.78, 5) is 31.2. The van der Waals surface area contributed by atoms with Crippen molar-refractivity contribution in [2.45, 2.75) is 11.1 Å². The number of carbonyl (C=O) groups excluding carboxylic acids is 2. The number of nitrogens with zero attached hydrogens (tertiary/aromatic N) is 2. The van der Waals surface area contributed by atoms with Gasteiger partial charge in [0.25, 0.3) is 5.91 Å². The van der Waals surface area contributed by atoms with E-state index >= 15 is 0 Å². The molecule has 2 aromatic rings.